The minimum Gasteiger partial charge on any atom is -0.444 e. The van der Waals surface area contributed by atoms with E-state index in [2.05, 4.69) is 15.5 Å². The lowest BCUT2D eigenvalue weighted by molar-refractivity contribution is -0.128. The van der Waals surface area contributed by atoms with Crippen LogP contribution in [0.3, 0.4) is 0 Å². The molecule has 2 saturated heterocycles. The normalized spacial score (nSPS) is 20.6. The monoisotopic (exact) mass is 516 g/mol. The summed E-state index contributed by atoms with van der Waals surface area (Å²) in [5.41, 5.74) is -0.270. The van der Waals surface area contributed by atoms with E-state index in [-0.39, 0.29) is 42.7 Å². The highest BCUT2D eigenvalue weighted by Crippen LogP contribution is 2.24. The number of piperidine rings is 2. The molecule has 2 aliphatic rings. The Bertz CT molecular complexity index is 933. The molecule has 0 saturated carbocycles. The van der Waals surface area contributed by atoms with Gasteiger partial charge in [0.1, 0.15) is 5.60 Å². The molecule has 0 radical (unpaired) electrons. The number of carbonyl (C=O) groups is 4. The number of alkyl carbamates (subject to hydrolysis) is 1. The molecule has 204 valence electrons. The molecule has 3 amide bonds. The maximum atomic E-state index is 13.0. The van der Waals surface area contributed by atoms with E-state index in [4.69, 9.17) is 9.47 Å². The quantitative estimate of drug-likeness (QED) is 0.324. The Balaban J connectivity index is 1.46. The van der Waals surface area contributed by atoms with Crippen molar-refractivity contribution in [3.8, 4) is 0 Å². The number of hydrogen-bond donors (Lipinski definition) is 2. The molecule has 10 nitrogen and oxygen atoms in total. The van der Waals surface area contributed by atoms with Gasteiger partial charge in [0.25, 0.3) is 0 Å². The summed E-state index contributed by atoms with van der Waals surface area (Å²) >= 11 is 0. The van der Waals surface area contributed by atoms with Crippen molar-refractivity contribution < 1.29 is 28.7 Å². The predicted molar refractivity (Wildman–Crippen MR) is 138 cm³/mol. The Morgan fingerprint density at radius 1 is 0.919 bits per heavy atom. The van der Waals surface area contributed by atoms with Gasteiger partial charge in [0, 0.05) is 32.2 Å². The molecule has 1 aromatic carbocycles. The van der Waals surface area contributed by atoms with Crippen molar-refractivity contribution in [2.24, 2.45) is 0 Å². The summed E-state index contributed by atoms with van der Waals surface area (Å²) in [5, 5.41) is 5.37. The molecular formula is C27H40N4O6. The molecule has 0 aliphatic carbocycles. The van der Waals surface area contributed by atoms with E-state index in [9.17, 15) is 19.2 Å². The standard InChI is InChI=1S/C27H40N4O6/c1-27(2,3)37-26(35)31-18-10-7-13-21(31)19-30-17-9-8-14-22(30)23(32)28-15-16-29-25(34)36-24(33)20-11-5-4-6-12-20/h4-6,11-12,21-22H,7-10,13-19H2,1-3H3,(H,28,32)(H,29,34)/t21-,22-/m1/s1. The number of likely N-dealkylation sites (tertiary alicyclic amines) is 2. The van der Waals surface area contributed by atoms with Crippen LogP contribution in [-0.4, -0.2) is 84.3 Å². The fourth-order valence-corrected chi connectivity index (χ4v) is 4.75. The van der Waals surface area contributed by atoms with Gasteiger partial charge in [-0.2, -0.15) is 0 Å². The molecule has 10 heteroatoms. The van der Waals surface area contributed by atoms with Crippen LogP contribution in [0.25, 0.3) is 0 Å². The van der Waals surface area contributed by atoms with Gasteiger partial charge in [0.15, 0.2) is 0 Å². The van der Waals surface area contributed by atoms with Crippen LogP contribution in [0.15, 0.2) is 30.3 Å². The molecule has 0 aromatic heterocycles. The van der Waals surface area contributed by atoms with Gasteiger partial charge < -0.3 is 25.0 Å². The maximum absolute atomic E-state index is 13.0. The summed E-state index contributed by atoms with van der Waals surface area (Å²) in [6, 6.07) is 7.97. The molecule has 0 spiro atoms. The number of rotatable bonds is 7. The van der Waals surface area contributed by atoms with E-state index < -0.39 is 17.7 Å². The smallest absolute Gasteiger partial charge is 0.415 e. The number of benzene rings is 1. The highest BCUT2D eigenvalue weighted by molar-refractivity contribution is 5.96. The van der Waals surface area contributed by atoms with Crippen LogP contribution >= 0.6 is 0 Å². The third-order valence-electron chi connectivity index (χ3n) is 6.51. The van der Waals surface area contributed by atoms with Crippen molar-refractivity contribution in [2.75, 3.05) is 32.7 Å². The lowest BCUT2D eigenvalue weighted by Crippen LogP contribution is -2.56. The number of nitrogens with zero attached hydrogens (tertiary/aromatic N) is 2. The fourth-order valence-electron chi connectivity index (χ4n) is 4.75. The summed E-state index contributed by atoms with van der Waals surface area (Å²) in [5.74, 6) is -0.835. The third kappa shape index (κ3) is 9.03. The summed E-state index contributed by atoms with van der Waals surface area (Å²) in [6.07, 6.45) is 4.44. The highest BCUT2D eigenvalue weighted by atomic mass is 16.6. The van der Waals surface area contributed by atoms with Gasteiger partial charge in [-0.3, -0.25) is 9.69 Å². The first kappa shape index (κ1) is 28.4. The summed E-state index contributed by atoms with van der Waals surface area (Å²) in [4.78, 5) is 53.6. The van der Waals surface area contributed by atoms with Crippen LogP contribution in [0.5, 0.6) is 0 Å². The van der Waals surface area contributed by atoms with Crippen molar-refractivity contribution in [1.82, 2.24) is 20.4 Å². The van der Waals surface area contributed by atoms with Gasteiger partial charge in [-0.15, -0.1) is 0 Å². The summed E-state index contributed by atoms with van der Waals surface area (Å²) in [6.45, 7) is 8.03. The van der Waals surface area contributed by atoms with Gasteiger partial charge in [-0.05, 0) is 71.6 Å². The van der Waals surface area contributed by atoms with Gasteiger partial charge in [0.2, 0.25) is 5.91 Å². The molecule has 37 heavy (non-hydrogen) atoms. The molecule has 2 fully saturated rings. The van der Waals surface area contributed by atoms with Crippen molar-refractivity contribution >= 4 is 24.1 Å². The van der Waals surface area contributed by atoms with Crippen LogP contribution < -0.4 is 10.6 Å². The van der Waals surface area contributed by atoms with E-state index in [1.165, 1.54) is 0 Å². The number of carbonyl (C=O) groups excluding carboxylic acids is 4. The summed E-state index contributed by atoms with van der Waals surface area (Å²) in [7, 11) is 0. The number of nitrogens with one attached hydrogen (secondary N) is 2. The second kappa shape index (κ2) is 13.4. The van der Waals surface area contributed by atoms with Crippen LogP contribution in [-0.2, 0) is 14.3 Å². The van der Waals surface area contributed by atoms with Crippen molar-refractivity contribution in [1.29, 1.82) is 0 Å². The van der Waals surface area contributed by atoms with Crippen LogP contribution in [0.4, 0.5) is 9.59 Å². The molecule has 0 bridgehead atoms. The zero-order valence-electron chi connectivity index (χ0n) is 22.2. The van der Waals surface area contributed by atoms with Crippen LogP contribution in [0.1, 0.15) is 69.7 Å². The van der Waals surface area contributed by atoms with Gasteiger partial charge in [-0.1, -0.05) is 24.6 Å². The highest BCUT2D eigenvalue weighted by Gasteiger charge is 2.35. The van der Waals surface area contributed by atoms with E-state index >= 15 is 0 Å². The lowest BCUT2D eigenvalue weighted by Gasteiger charge is -2.42. The first-order valence-electron chi connectivity index (χ1n) is 13.2. The third-order valence-corrected chi connectivity index (χ3v) is 6.51. The van der Waals surface area contributed by atoms with Crippen molar-refractivity contribution in [3.63, 3.8) is 0 Å². The van der Waals surface area contributed by atoms with Gasteiger partial charge >= 0.3 is 18.2 Å². The van der Waals surface area contributed by atoms with E-state index in [1.807, 2.05) is 25.7 Å². The predicted octanol–water partition coefficient (Wildman–Crippen LogP) is 3.31. The first-order valence-corrected chi connectivity index (χ1v) is 13.2. The Morgan fingerprint density at radius 2 is 1.59 bits per heavy atom. The first-order chi connectivity index (χ1) is 17.6. The Labute approximate surface area is 219 Å². The molecule has 1 aromatic rings. The second-order valence-corrected chi connectivity index (χ2v) is 10.6. The topological polar surface area (TPSA) is 117 Å². The van der Waals surface area contributed by atoms with E-state index in [0.29, 0.717) is 13.1 Å². The van der Waals surface area contributed by atoms with Crippen LogP contribution in [0, 0.1) is 0 Å². The van der Waals surface area contributed by atoms with Crippen molar-refractivity contribution in [3.05, 3.63) is 35.9 Å². The SMILES string of the molecule is CC(C)(C)OC(=O)N1CCCC[C@@H]1CN1CCCC[C@@H]1C(=O)NCCNC(=O)OC(=O)c1ccccc1. The molecule has 3 rings (SSSR count). The minimum atomic E-state index is -0.859. The van der Waals surface area contributed by atoms with E-state index in [1.54, 1.807) is 30.3 Å². The van der Waals surface area contributed by atoms with Gasteiger partial charge in [0.05, 0.1) is 11.6 Å². The number of hydrogen-bond acceptors (Lipinski definition) is 7. The number of esters is 1. The van der Waals surface area contributed by atoms with Crippen LogP contribution in [0.2, 0.25) is 0 Å². The summed E-state index contributed by atoms with van der Waals surface area (Å²) < 4.78 is 10.4. The molecule has 2 atom stereocenters. The lowest BCUT2D eigenvalue weighted by atomic mass is 9.97. The average molecular weight is 517 g/mol. The zero-order chi connectivity index (χ0) is 26.8. The second-order valence-electron chi connectivity index (χ2n) is 10.6. The Hall–Kier alpha value is -3.14. The van der Waals surface area contributed by atoms with Gasteiger partial charge in [-0.25, -0.2) is 14.4 Å². The Morgan fingerprint density at radius 3 is 2.32 bits per heavy atom. The molecule has 2 heterocycles. The number of amides is 3. The zero-order valence-corrected chi connectivity index (χ0v) is 22.2. The largest absolute Gasteiger partial charge is 0.444 e. The van der Waals surface area contributed by atoms with Crippen molar-refractivity contribution in [2.45, 2.75) is 77.0 Å². The molecular weight excluding hydrogens is 476 g/mol. The molecule has 0 unspecified atom stereocenters. The molecule has 2 N–H and O–H groups in total. The molecule has 2 aliphatic heterocycles. The van der Waals surface area contributed by atoms with E-state index in [0.717, 1.165) is 45.1 Å². The Kier molecular flexibility index (Phi) is 10.3. The minimum absolute atomic E-state index is 0.00980. The fraction of sp³-hybridized carbons (Fsp3) is 0.630. The number of ether oxygens (including phenoxy) is 2. The average Bonchev–Trinajstić information content (AvgIpc) is 2.86. The maximum Gasteiger partial charge on any atom is 0.415 e.